The van der Waals surface area contributed by atoms with Crippen LogP contribution in [0.5, 0.6) is 0 Å². The van der Waals surface area contributed by atoms with Gasteiger partial charge in [0.05, 0.1) is 11.7 Å². The number of aromatic nitrogens is 3. The third-order valence-electron chi connectivity index (χ3n) is 4.44. The summed E-state index contributed by atoms with van der Waals surface area (Å²) in [6.07, 6.45) is 9.23. The largest absolute Gasteiger partial charge is 0.331 e. The molecule has 0 bridgehead atoms. The number of hydrogen-bond donors (Lipinski definition) is 0. The molecule has 1 amide bonds. The molecule has 6 nitrogen and oxygen atoms in total. The number of likely N-dealkylation sites (tertiary alicyclic amines) is 1. The minimum atomic E-state index is 0.0419. The molecule has 0 aromatic carbocycles. The van der Waals surface area contributed by atoms with Crippen molar-refractivity contribution in [3.63, 3.8) is 0 Å². The van der Waals surface area contributed by atoms with Crippen molar-refractivity contribution >= 4 is 5.91 Å². The van der Waals surface area contributed by atoms with Gasteiger partial charge in [0.25, 0.3) is 0 Å². The van der Waals surface area contributed by atoms with Crippen molar-refractivity contribution in [2.75, 3.05) is 27.2 Å². The third kappa shape index (κ3) is 3.96. The Kier molecular flexibility index (Phi) is 5.28. The first-order valence-corrected chi connectivity index (χ1v) is 8.65. The van der Waals surface area contributed by atoms with Gasteiger partial charge in [-0.2, -0.15) is 0 Å². The third-order valence-corrected chi connectivity index (χ3v) is 4.44. The predicted molar refractivity (Wildman–Crippen MR) is 97.5 cm³/mol. The zero-order chi connectivity index (χ0) is 17.8. The monoisotopic (exact) mass is 339 g/mol. The second-order valence-corrected chi connectivity index (χ2v) is 6.62. The number of nitrogens with zero attached hydrogens (tertiary/aromatic N) is 5. The number of imidazole rings is 1. The van der Waals surface area contributed by atoms with Crippen molar-refractivity contribution in [2.24, 2.45) is 0 Å². The van der Waals surface area contributed by atoms with Gasteiger partial charge in [-0.3, -0.25) is 9.36 Å². The first-order valence-electron chi connectivity index (χ1n) is 8.65. The summed E-state index contributed by atoms with van der Waals surface area (Å²) in [6.45, 7) is 3.50. The molecule has 0 saturated carbocycles. The van der Waals surface area contributed by atoms with Crippen LogP contribution in [-0.4, -0.2) is 57.4 Å². The molecular weight excluding hydrogens is 314 g/mol. The van der Waals surface area contributed by atoms with E-state index in [-0.39, 0.29) is 11.9 Å². The molecule has 0 spiro atoms. The fourth-order valence-electron chi connectivity index (χ4n) is 3.18. The Morgan fingerprint density at radius 3 is 2.96 bits per heavy atom. The van der Waals surface area contributed by atoms with Gasteiger partial charge in [-0.1, -0.05) is 12.1 Å². The van der Waals surface area contributed by atoms with E-state index >= 15 is 0 Å². The first kappa shape index (κ1) is 17.4. The second-order valence-electron chi connectivity index (χ2n) is 6.62. The van der Waals surface area contributed by atoms with Crippen LogP contribution in [0.3, 0.4) is 0 Å². The standard InChI is InChI=1S/C19H25N5O/c1-15-20-11-14-23(15)18-9-4-7-16(21-18)17-8-5-13-24(17)19(25)10-6-12-22(2)3/h4,6-7,9-11,14,17H,5,8,12-13H2,1-3H3/b10-6+. The number of amides is 1. The summed E-state index contributed by atoms with van der Waals surface area (Å²) in [5, 5.41) is 0. The van der Waals surface area contributed by atoms with Gasteiger partial charge in [0.1, 0.15) is 11.6 Å². The van der Waals surface area contributed by atoms with Crippen LogP contribution >= 0.6 is 0 Å². The molecule has 1 fully saturated rings. The van der Waals surface area contributed by atoms with Crippen LogP contribution in [0.15, 0.2) is 42.7 Å². The summed E-state index contributed by atoms with van der Waals surface area (Å²) in [5.41, 5.74) is 0.942. The molecule has 1 unspecified atom stereocenters. The van der Waals surface area contributed by atoms with Crippen LogP contribution in [0.2, 0.25) is 0 Å². The van der Waals surface area contributed by atoms with E-state index in [1.54, 1.807) is 12.3 Å². The minimum Gasteiger partial charge on any atom is -0.331 e. The van der Waals surface area contributed by atoms with Crippen molar-refractivity contribution in [3.8, 4) is 5.82 Å². The Labute approximate surface area is 148 Å². The summed E-state index contributed by atoms with van der Waals surface area (Å²) >= 11 is 0. The maximum absolute atomic E-state index is 12.6. The Morgan fingerprint density at radius 1 is 1.40 bits per heavy atom. The lowest BCUT2D eigenvalue weighted by Gasteiger charge is -2.23. The smallest absolute Gasteiger partial charge is 0.246 e. The van der Waals surface area contributed by atoms with Gasteiger partial charge in [-0.25, -0.2) is 9.97 Å². The van der Waals surface area contributed by atoms with E-state index in [2.05, 4.69) is 4.98 Å². The van der Waals surface area contributed by atoms with Crippen molar-refractivity contribution in [3.05, 3.63) is 54.3 Å². The van der Waals surface area contributed by atoms with Crippen molar-refractivity contribution < 1.29 is 4.79 Å². The molecule has 1 saturated heterocycles. The number of aryl methyl sites for hydroxylation is 1. The lowest BCUT2D eigenvalue weighted by atomic mass is 10.1. The van der Waals surface area contributed by atoms with Gasteiger partial charge >= 0.3 is 0 Å². The number of carbonyl (C=O) groups is 1. The van der Waals surface area contributed by atoms with E-state index in [9.17, 15) is 4.79 Å². The van der Waals surface area contributed by atoms with Crippen molar-refractivity contribution in [1.82, 2.24) is 24.3 Å². The topological polar surface area (TPSA) is 54.3 Å². The normalized spacial score (nSPS) is 17.8. The number of hydrogen-bond acceptors (Lipinski definition) is 4. The Hall–Kier alpha value is -2.47. The minimum absolute atomic E-state index is 0.0419. The Bertz CT molecular complexity index is 765. The zero-order valence-electron chi connectivity index (χ0n) is 15.1. The molecule has 0 aliphatic carbocycles. The SMILES string of the molecule is Cc1nccn1-c1cccc(C2CCCN2C(=O)/C=C/CN(C)C)n1. The summed E-state index contributed by atoms with van der Waals surface area (Å²) in [5.74, 6) is 1.81. The van der Waals surface area contributed by atoms with E-state index in [0.717, 1.165) is 43.3 Å². The quantitative estimate of drug-likeness (QED) is 0.785. The zero-order valence-corrected chi connectivity index (χ0v) is 15.1. The highest BCUT2D eigenvalue weighted by Gasteiger charge is 2.29. The molecule has 3 heterocycles. The fraction of sp³-hybridized carbons (Fsp3) is 0.421. The highest BCUT2D eigenvalue weighted by atomic mass is 16.2. The Morgan fingerprint density at radius 2 is 2.24 bits per heavy atom. The molecule has 3 rings (SSSR count). The van der Waals surface area contributed by atoms with Gasteiger partial charge < -0.3 is 9.80 Å². The van der Waals surface area contributed by atoms with Crippen LogP contribution in [0.4, 0.5) is 0 Å². The average Bonchev–Trinajstić information content (AvgIpc) is 3.23. The molecule has 25 heavy (non-hydrogen) atoms. The number of pyridine rings is 1. The van der Waals surface area contributed by atoms with Crippen LogP contribution in [0, 0.1) is 6.92 Å². The number of likely N-dealkylation sites (N-methyl/N-ethyl adjacent to an activating group) is 1. The molecule has 1 aliphatic rings. The van der Waals surface area contributed by atoms with Crippen molar-refractivity contribution in [2.45, 2.75) is 25.8 Å². The lowest BCUT2D eigenvalue weighted by molar-refractivity contribution is -0.127. The van der Waals surface area contributed by atoms with Gasteiger partial charge in [-0.05, 0) is 46.0 Å². The van der Waals surface area contributed by atoms with Crippen LogP contribution < -0.4 is 0 Å². The Balaban J connectivity index is 1.80. The maximum Gasteiger partial charge on any atom is 0.246 e. The van der Waals surface area contributed by atoms with Crippen molar-refractivity contribution in [1.29, 1.82) is 0 Å². The summed E-state index contributed by atoms with van der Waals surface area (Å²) in [7, 11) is 3.97. The average molecular weight is 339 g/mol. The lowest BCUT2D eigenvalue weighted by Crippen LogP contribution is -2.29. The second kappa shape index (κ2) is 7.61. The molecule has 1 aliphatic heterocycles. The van der Waals surface area contributed by atoms with E-state index in [0.29, 0.717) is 0 Å². The van der Waals surface area contributed by atoms with Gasteiger partial charge in [0.2, 0.25) is 5.91 Å². The first-order chi connectivity index (χ1) is 12.1. The molecule has 1 atom stereocenters. The number of carbonyl (C=O) groups excluding carboxylic acids is 1. The molecule has 2 aromatic rings. The molecule has 6 heteroatoms. The van der Waals surface area contributed by atoms with Gasteiger partial charge in [0.15, 0.2) is 0 Å². The highest BCUT2D eigenvalue weighted by molar-refractivity contribution is 5.88. The summed E-state index contributed by atoms with van der Waals surface area (Å²) in [4.78, 5) is 25.6. The molecule has 0 radical (unpaired) electrons. The molecule has 0 N–H and O–H groups in total. The van der Waals surface area contributed by atoms with Gasteiger partial charge in [0, 0.05) is 31.6 Å². The highest BCUT2D eigenvalue weighted by Crippen LogP contribution is 2.31. The van der Waals surface area contributed by atoms with Crippen LogP contribution in [0.1, 0.15) is 30.4 Å². The summed E-state index contributed by atoms with van der Waals surface area (Å²) in [6, 6.07) is 6.02. The van der Waals surface area contributed by atoms with E-state index < -0.39 is 0 Å². The van der Waals surface area contributed by atoms with E-state index in [4.69, 9.17) is 4.98 Å². The van der Waals surface area contributed by atoms with E-state index in [1.165, 1.54) is 0 Å². The van der Waals surface area contributed by atoms with Crippen LogP contribution in [-0.2, 0) is 4.79 Å². The number of rotatable bonds is 5. The van der Waals surface area contributed by atoms with E-state index in [1.807, 2.05) is 65.9 Å². The summed E-state index contributed by atoms with van der Waals surface area (Å²) < 4.78 is 1.96. The predicted octanol–water partition coefficient (Wildman–Crippen LogP) is 2.36. The molecular formula is C19H25N5O. The maximum atomic E-state index is 12.6. The fourth-order valence-corrected chi connectivity index (χ4v) is 3.18. The molecule has 132 valence electrons. The molecule has 2 aromatic heterocycles. The van der Waals surface area contributed by atoms with Crippen LogP contribution in [0.25, 0.3) is 5.82 Å². The van der Waals surface area contributed by atoms with Gasteiger partial charge in [-0.15, -0.1) is 0 Å².